The first kappa shape index (κ1) is 10.1. The van der Waals surface area contributed by atoms with Crippen molar-refractivity contribution in [3.63, 3.8) is 0 Å². The molecule has 0 aliphatic heterocycles. The van der Waals surface area contributed by atoms with Gasteiger partial charge in [0.25, 0.3) is 0 Å². The third kappa shape index (κ3) is 1.72. The van der Waals surface area contributed by atoms with Gasteiger partial charge in [-0.2, -0.15) is 0 Å². The molecule has 0 N–H and O–H groups in total. The number of allylic oxidation sites excluding steroid dienone is 4. The van der Waals surface area contributed by atoms with Crippen LogP contribution in [0.2, 0.25) is 0 Å². The van der Waals surface area contributed by atoms with Gasteiger partial charge in [0.15, 0.2) is 0 Å². The minimum absolute atomic E-state index is 0.266. The second kappa shape index (κ2) is 4.06. The van der Waals surface area contributed by atoms with E-state index in [2.05, 4.69) is 18.2 Å². The van der Waals surface area contributed by atoms with E-state index in [0.29, 0.717) is 5.39 Å². The molecule has 2 nitrogen and oxygen atoms in total. The van der Waals surface area contributed by atoms with Gasteiger partial charge < -0.3 is 4.42 Å². The second-order valence-electron chi connectivity index (χ2n) is 4.12. The first-order valence-corrected chi connectivity index (χ1v) is 5.74. The molecule has 0 radical (unpaired) electrons. The van der Waals surface area contributed by atoms with Crippen LogP contribution in [0.25, 0.3) is 16.3 Å². The van der Waals surface area contributed by atoms with Gasteiger partial charge >= 0.3 is 5.63 Å². The Morgan fingerprint density at radius 3 is 2.88 bits per heavy atom. The monoisotopic (exact) mass is 224 g/mol. The lowest BCUT2D eigenvalue weighted by Crippen LogP contribution is -2.02. The lowest BCUT2D eigenvalue weighted by Gasteiger charge is -2.09. The molecule has 84 valence electrons. The fourth-order valence-corrected chi connectivity index (χ4v) is 2.22. The summed E-state index contributed by atoms with van der Waals surface area (Å²) in [6, 6.07) is 7.71. The Morgan fingerprint density at radius 1 is 1.12 bits per heavy atom. The van der Waals surface area contributed by atoms with Crippen LogP contribution in [0.15, 0.2) is 58.0 Å². The van der Waals surface area contributed by atoms with E-state index in [4.69, 9.17) is 4.42 Å². The van der Waals surface area contributed by atoms with E-state index in [-0.39, 0.29) is 5.63 Å². The Labute approximate surface area is 98.9 Å². The first-order valence-electron chi connectivity index (χ1n) is 5.74. The molecule has 0 unspecified atom stereocenters. The average molecular weight is 224 g/mol. The Hall–Kier alpha value is -2.09. The van der Waals surface area contributed by atoms with E-state index in [1.807, 2.05) is 24.3 Å². The maximum absolute atomic E-state index is 11.8. The molecular weight excluding hydrogens is 212 g/mol. The zero-order chi connectivity index (χ0) is 11.7. The van der Waals surface area contributed by atoms with Crippen molar-refractivity contribution in [2.45, 2.75) is 12.8 Å². The van der Waals surface area contributed by atoms with Gasteiger partial charge in [-0.1, -0.05) is 36.4 Å². The van der Waals surface area contributed by atoms with Crippen LogP contribution in [-0.4, -0.2) is 0 Å². The van der Waals surface area contributed by atoms with Crippen molar-refractivity contribution >= 4 is 16.3 Å². The van der Waals surface area contributed by atoms with E-state index >= 15 is 0 Å². The fraction of sp³-hybridized carbons (Fsp3) is 0.133. The standard InChI is InChI=1S/C15H12O2/c16-15-14-12(9-10-17-15)7-4-8-13(14)11-5-2-1-3-6-11/h2,4-10H,1,3H2. The van der Waals surface area contributed by atoms with Gasteiger partial charge in [-0.25, -0.2) is 4.79 Å². The fourth-order valence-electron chi connectivity index (χ4n) is 2.22. The van der Waals surface area contributed by atoms with Crippen molar-refractivity contribution in [3.8, 4) is 0 Å². The minimum atomic E-state index is -0.266. The quantitative estimate of drug-likeness (QED) is 0.741. The highest BCUT2D eigenvalue weighted by Crippen LogP contribution is 2.26. The van der Waals surface area contributed by atoms with Gasteiger partial charge in [-0.15, -0.1) is 0 Å². The highest BCUT2D eigenvalue weighted by atomic mass is 16.4. The molecule has 1 aromatic carbocycles. The van der Waals surface area contributed by atoms with Crippen molar-refractivity contribution < 1.29 is 4.42 Å². The topological polar surface area (TPSA) is 30.2 Å². The first-order chi connectivity index (χ1) is 8.36. The molecule has 1 aliphatic carbocycles. The van der Waals surface area contributed by atoms with E-state index in [9.17, 15) is 4.79 Å². The van der Waals surface area contributed by atoms with Crippen molar-refractivity contribution in [3.05, 3.63) is 64.7 Å². The lowest BCUT2D eigenvalue weighted by molar-refractivity contribution is 0.519. The maximum atomic E-state index is 11.8. The Balaban J connectivity index is 2.33. The summed E-state index contributed by atoms with van der Waals surface area (Å²) in [5.41, 5.74) is 1.81. The molecule has 1 aromatic heterocycles. The van der Waals surface area contributed by atoms with Crippen LogP contribution in [0.4, 0.5) is 0 Å². The van der Waals surface area contributed by atoms with Crippen LogP contribution in [0.1, 0.15) is 18.4 Å². The molecule has 2 heteroatoms. The summed E-state index contributed by atoms with van der Waals surface area (Å²) in [4.78, 5) is 11.8. The molecule has 0 bridgehead atoms. The summed E-state index contributed by atoms with van der Waals surface area (Å²) in [6.45, 7) is 0. The minimum Gasteiger partial charge on any atom is -0.431 e. The van der Waals surface area contributed by atoms with Crippen molar-refractivity contribution in [1.82, 2.24) is 0 Å². The lowest BCUT2D eigenvalue weighted by atomic mass is 9.96. The molecule has 3 rings (SSSR count). The molecule has 2 aromatic rings. The highest BCUT2D eigenvalue weighted by Gasteiger charge is 2.09. The zero-order valence-corrected chi connectivity index (χ0v) is 9.35. The van der Waals surface area contributed by atoms with Crippen LogP contribution in [0.5, 0.6) is 0 Å². The van der Waals surface area contributed by atoms with Crippen LogP contribution >= 0.6 is 0 Å². The molecule has 0 saturated heterocycles. The Morgan fingerprint density at radius 2 is 2.06 bits per heavy atom. The van der Waals surface area contributed by atoms with Crippen LogP contribution in [0, 0.1) is 0 Å². The molecule has 0 amide bonds. The summed E-state index contributed by atoms with van der Waals surface area (Å²) < 4.78 is 4.96. The summed E-state index contributed by atoms with van der Waals surface area (Å²) in [7, 11) is 0. The smallest absolute Gasteiger partial charge is 0.344 e. The number of benzene rings is 1. The number of fused-ring (bicyclic) bond motifs is 1. The number of hydrogen-bond acceptors (Lipinski definition) is 2. The molecule has 0 fully saturated rings. The van der Waals surface area contributed by atoms with E-state index in [1.165, 1.54) is 6.26 Å². The van der Waals surface area contributed by atoms with E-state index < -0.39 is 0 Å². The zero-order valence-electron chi connectivity index (χ0n) is 9.35. The highest BCUT2D eigenvalue weighted by molar-refractivity contribution is 5.95. The summed E-state index contributed by atoms with van der Waals surface area (Å²) in [6.07, 6.45) is 9.92. The number of rotatable bonds is 1. The molecule has 0 spiro atoms. The van der Waals surface area contributed by atoms with E-state index in [0.717, 1.165) is 29.4 Å². The Kier molecular flexibility index (Phi) is 2.41. The normalized spacial score (nSPS) is 14.9. The van der Waals surface area contributed by atoms with Crippen LogP contribution in [-0.2, 0) is 0 Å². The number of hydrogen-bond donors (Lipinski definition) is 0. The summed E-state index contributed by atoms with van der Waals surface area (Å²) in [5.74, 6) is 0. The largest absolute Gasteiger partial charge is 0.431 e. The van der Waals surface area contributed by atoms with Gasteiger partial charge in [-0.3, -0.25) is 0 Å². The summed E-state index contributed by atoms with van der Waals surface area (Å²) >= 11 is 0. The van der Waals surface area contributed by atoms with Gasteiger partial charge in [0.05, 0.1) is 11.6 Å². The molecule has 17 heavy (non-hydrogen) atoms. The predicted molar refractivity (Wildman–Crippen MR) is 68.8 cm³/mol. The van der Waals surface area contributed by atoms with Crippen LogP contribution in [0.3, 0.4) is 0 Å². The second-order valence-corrected chi connectivity index (χ2v) is 4.12. The third-order valence-corrected chi connectivity index (χ3v) is 3.03. The molecule has 0 saturated carbocycles. The molecule has 1 aliphatic rings. The van der Waals surface area contributed by atoms with Gasteiger partial charge in [0, 0.05) is 0 Å². The van der Waals surface area contributed by atoms with Crippen LogP contribution < -0.4 is 5.63 Å². The molecule has 1 heterocycles. The SMILES string of the molecule is O=c1occc2cccc(C3=CCCC=C3)c12. The van der Waals surface area contributed by atoms with Crippen molar-refractivity contribution in [2.24, 2.45) is 0 Å². The maximum Gasteiger partial charge on any atom is 0.344 e. The van der Waals surface area contributed by atoms with Crippen molar-refractivity contribution in [1.29, 1.82) is 0 Å². The summed E-state index contributed by atoms with van der Waals surface area (Å²) in [5, 5.41) is 1.60. The Bertz CT molecular complexity index is 669. The predicted octanol–water partition coefficient (Wildman–Crippen LogP) is 3.53. The van der Waals surface area contributed by atoms with Crippen molar-refractivity contribution in [2.75, 3.05) is 0 Å². The average Bonchev–Trinajstić information content (AvgIpc) is 2.39. The van der Waals surface area contributed by atoms with Gasteiger partial charge in [-0.05, 0) is 35.4 Å². The van der Waals surface area contributed by atoms with E-state index in [1.54, 1.807) is 0 Å². The van der Waals surface area contributed by atoms with Gasteiger partial charge in [0.2, 0.25) is 0 Å². The molecule has 0 atom stereocenters. The molecular formula is C15H12O2. The third-order valence-electron chi connectivity index (χ3n) is 3.03. The van der Waals surface area contributed by atoms with Gasteiger partial charge in [0.1, 0.15) is 0 Å².